The molecule has 2 saturated carbocycles. The van der Waals surface area contributed by atoms with Crippen molar-refractivity contribution in [1.29, 1.82) is 0 Å². The van der Waals surface area contributed by atoms with Gasteiger partial charge in [0.1, 0.15) is 6.10 Å². The molecule has 2 saturated heterocycles. The Hall–Kier alpha value is -0.160. The zero-order valence-corrected chi connectivity index (χ0v) is 11.8. The number of hydrogen-bond acceptors (Lipinski definition) is 4. The van der Waals surface area contributed by atoms with Crippen molar-refractivity contribution < 1.29 is 19.7 Å². The SMILES string of the molecule is CC1(O)CCC2(COC3(CO)CCCC32C)C2OC21. The van der Waals surface area contributed by atoms with Gasteiger partial charge in [0, 0.05) is 10.8 Å². The molecule has 0 amide bonds. The summed E-state index contributed by atoms with van der Waals surface area (Å²) in [6, 6.07) is 0. The minimum Gasteiger partial charge on any atom is -0.393 e. The van der Waals surface area contributed by atoms with Crippen molar-refractivity contribution in [3.8, 4) is 0 Å². The Kier molecular flexibility index (Phi) is 2.22. The zero-order chi connectivity index (χ0) is 13.5. The summed E-state index contributed by atoms with van der Waals surface area (Å²) in [5, 5.41) is 20.3. The van der Waals surface area contributed by atoms with Crippen molar-refractivity contribution in [3.05, 3.63) is 0 Å². The largest absolute Gasteiger partial charge is 0.393 e. The molecule has 2 heterocycles. The van der Waals surface area contributed by atoms with Crippen LogP contribution >= 0.6 is 0 Å². The van der Waals surface area contributed by atoms with Crippen LogP contribution in [0.15, 0.2) is 0 Å². The van der Waals surface area contributed by atoms with Crippen LogP contribution in [0, 0.1) is 10.8 Å². The maximum absolute atomic E-state index is 10.4. The van der Waals surface area contributed by atoms with Gasteiger partial charge >= 0.3 is 0 Å². The molecule has 0 aromatic rings. The van der Waals surface area contributed by atoms with Gasteiger partial charge in [-0.15, -0.1) is 0 Å². The number of rotatable bonds is 1. The fraction of sp³-hybridized carbons (Fsp3) is 1.00. The number of hydrogen-bond donors (Lipinski definition) is 2. The lowest BCUT2D eigenvalue weighted by atomic mass is 9.53. The third-order valence-electron chi connectivity index (χ3n) is 6.95. The van der Waals surface area contributed by atoms with Gasteiger partial charge in [-0.3, -0.25) is 0 Å². The molecule has 4 heteroatoms. The van der Waals surface area contributed by atoms with Crippen LogP contribution in [0.1, 0.15) is 46.0 Å². The van der Waals surface area contributed by atoms with Gasteiger partial charge in [0.25, 0.3) is 0 Å². The lowest BCUT2D eigenvalue weighted by molar-refractivity contribution is -0.0847. The first-order valence-electron chi connectivity index (χ1n) is 7.54. The van der Waals surface area contributed by atoms with Crippen molar-refractivity contribution in [2.75, 3.05) is 13.2 Å². The summed E-state index contributed by atoms with van der Waals surface area (Å²) in [7, 11) is 0. The third-order valence-corrected chi connectivity index (χ3v) is 6.95. The van der Waals surface area contributed by atoms with E-state index in [0.717, 1.165) is 32.1 Å². The molecule has 0 aromatic heterocycles. The highest BCUT2D eigenvalue weighted by atomic mass is 16.6. The quantitative estimate of drug-likeness (QED) is 0.702. The molecule has 108 valence electrons. The Morgan fingerprint density at radius 2 is 1.89 bits per heavy atom. The molecule has 1 spiro atoms. The second kappa shape index (κ2) is 3.35. The van der Waals surface area contributed by atoms with E-state index >= 15 is 0 Å². The monoisotopic (exact) mass is 268 g/mol. The Labute approximate surface area is 114 Å². The number of fused-ring (bicyclic) bond motifs is 4. The maximum Gasteiger partial charge on any atom is 0.113 e. The van der Waals surface area contributed by atoms with Gasteiger partial charge in [0.15, 0.2) is 0 Å². The first kappa shape index (κ1) is 12.6. The fourth-order valence-electron chi connectivity index (χ4n) is 5.40. The van der Waals surface area contributed by atoms with E-state index in [1.165, 1.54) is 0 Å². The van der Waals surface area contributed by atoms with E-state index in [-0.39, 0.29) is 35.2 Å². The number of epoxide rings is 1. The molecule has 6 unspecified atom stereocenters. The highest BCUT2D eigenvalue weighted by Crippen LogP contribution is 2.71. The van der Waals surface area contributed by atoms with Gasteiger partial charge in [0.2, 0.25) is 0 Å². The molecule has 2 N–H and O–H groups in total. The molecular weight excluding hydrogens is 244 g/mol. The van der Waals surface area contributed by atoms with Crippen molar-refractivity contribution in [1.82, 2.24) is 0 Å². The normalized spacial score (nSPS) is 63.2. The van der Waals surface area contributed by atoms with Gasteiger partial charge in [-0.1, -0.05) is 6.92 Å². The molecular formula is C15H24O4. The average molecular weight is 268 g/mol. The smallest absolute Gasteiger partial charge is 0.113 e. The van der Waals surface area contributed by atoms with Crippen LogP contribution in [-0.2, 0) is 9.47 Å². The summed E-state index contributed by atoms with van der Waals surface area (Å²) in [5.74, 6) is 0. The van der Waals surface area contributed by atoms with Gasteiger partial charge < -0.3 is 19.7 Å². The van der Waals surface area contributed by atoms with Crippen LogP contribution in [-0.4, -0.2) is 46.8 Å². The first-order chi connectivity index (χ1) is 8.91. The molecule has 0 radical (unpaired) electrons. The molecule has 4 aliphatic rings. The topological polar surface area (TPSA) is 62.2 Å². The van der Waals surface area contributed by atoms with E-state index in [1.54, 1.807) is 0 Å². The van der Waals surface area contributed by atoms with Crippen LogP contribution in [0.25, 0.3) is 0 Å². The summed E-state index contributed by atoms with van der Waals surface area (Å²) in [6.07, 6.45) is 4.97. The van der Waals surface area contributed by atoms with Crippen LogP contribution in [0.2, 0.25) is 0 Å². The molecule has 2 aliphatic carbocycles. The van der Waals surface area contributed by atoms with Gasteiger partial charge in [0.05, 0.1) is 30.5 Å². The lowest BCUT2D eigenvalue weighted by Gasteiger charge is -2.48. The summed E-state index contributed by atoms with van der Waals surface area (Å²) in [5.41, 5.74) is -1.06. The highest BCUT2D eigenvalue weighted by molar-refractivity contribution is 5.25. The Bertz CT molecular complexity index is 422. The predicted octanol–water partition coefficient (Wildman–Crippen LogP) is 1.24. The molecule has 4 fully saturated rings. The number of ether oxygens (including phenoxy) is 2. The predicted molar refractivity (Wildman–Crippen MR) is 68.7 cm³/mol. The molecule has 2 aliphatic heterocycles. The van der Waals surface area contributed by atoms with Crippen molar-refractivity contribution in [3.63, 3.8) is 0 Å². The van der Waals surface area contributed by atoms with Crippen LogP contribution in [0.4, 0.5) is 0 Å². The third kappa shape index (κ3) is 1.21. The standard InChI is InChI=1S/C15H24O4/c1-12(17)6-7-14(11-10(12)19-11)9-18-15(8-16)5-3-4-13(14,15)2/h10-11,16-17H,3-9H2,1-2H3. The highest BCUT2D eigenvalue weighted by Gasteiger charge is 2.77. The molecule has 4 rings (SSSR count). The summed E-state index contributed by atoms with van der Waals surface area (Å²) < 4.78 is 12.0. The number of aliphatic hydroxyl groups excluding tert-OH is 1. The molecule has 19 heavy (non-hydrogen) atoms. The lowest BCUT2D eigenvalue weighted by Crippen LogP contribution is -2.55. The summed E-state index contributed by atoms with van der Waals surface area (Å²) >= 11 is 0. The van der Waals surface area contributed by atoms with E-state index in [4.69, 9.17) is 9.47 Å². The fourth-order valence-corrected chi connectivity index (χ4v) is 5.40. The minimum absolute atomic E-state index is 0.000856. The molecule has 4 nitrogen and oxygen atoms in total. The summed E-state index contributed by atoms with van der Waals surface area (Å²) in [6.45, 7) is 4.96. The van der Waals surface area contributed by atoms with Gasteiger partial charge in [-0.2, -0.15) is 0 Å². The molecule has 0 aromatic carbocycles. The zero-order valence-electron chi connectivity index (χ0n) is 11.8. The second-order valence-corrected chi connectivity index (χ2v) is 7.62. The van der Waals surface area contributed by atoms with Gasteiger partial charge in [-0.25, -0.2) is 0 Å². The van der Waals surface area contributed by atoms with E-state index in [9.17, 15) is 10.2 Å². The summed E-state index contributed by atoms with van der Waals surface area (Å²) in [4.78, 5) is 0. The van der Waals surface area contributed by atoms with Crippen LogP contribution < -0.4 is 0 Å². The van der Waals surface area contributed by atoms with Crippen LogP contribution in [0.3, 0.4) is 0 Å². The molecule has 0 bridgehead atoms. The van der Waals surface area contributed by atoms with Crippen molar-refractivity contribution >= 4 is 0 Å². The van der Waals surface area contributed by atoms with E-state index < -0.39 is 5.60 Å². The second-order valence-electron chi connectivity index (χ2n) is 7.62. The van der Waals surface area contributed by atoms with E-state index in [0.29, 0.717) is 6.61 Å². The van der Waals surface area contributed by atoms with Gasteiger partial charge in [-0.05, 0) is 39.0 Å². The number of aliphatic hydroxyl groups is 2. The van der Waals surface area contributed by atoms with E-state index in [2.05, 4.69) is 6.92 Å². The van der Waals surface area contributed by atoms with E-state index in [1.807, 2.05) is 6.92 Å². The Morgan fingerprint density at radius 1 is 1.11 bits per heavy atom. The first-order valence-corrected chi connectivity index (χ1v) is 7.54. The van der Waals surface area contributed by atoms with Crippen molar-refractivity contribution in [2.45, 2.75) is 69.4 Å². The Balaban J connectivity index is 1.74. The van der Waals surface area contributed by atoms with Crippen molar-refractivity contribution in [2.24, 2.45) is 10.8 Å². The molecule has 6 atom stereocenters. The minimum atomic E-state index is -0.685. The average Bonchev–Trinajstić information content (AvgIpc) is 3.06. The maximum atomic E-state index is 10.4. The van der Waals surface area contributed by atoms with Crippen LogP contribution in [0.5, 0.6) is 0 Å². The Morgan fingerprint density at radius 3 is 2.63 bits per heavy atom.